The van der Waals surface area contributed by atoms with Crippen LogP contribution in [-0.2, 0) is 0 Å². The third kappa shape index (κ3) is 3.01. The van der Waals surface area contributed by atoms with Crippen molar-refractivity contribution in [3.63, 3.8) is 0 Å². The van der Waals surface area contributed by atoms with Crippen LogP contribution in [-0.4, -0.2) is 51.3 Å². The topological polar surface area (TPSA) is 73.7 Å². The largest absolute Gasteiger partial charge is 0.393 e. The fourth-order valence-electron chi connectivity index (χ4n) is 3.64. The normalized spacial score (nSPS) is 21.3. The first kappa shape index (κ1) is 16.9. The molecular weight excluding hydrogens is 304 g/mol. The number of benzene rings is 1. The average molecular weight is 328 g/mol. The number of amides is 1. The van der Waals surface area contributed by atoms with Gasteiger partial charge in [-0.2, -0.15) is 0 Å². The van der Waals surface area contributed by atoms with E-state index in [2.05, 4.69) is 11.1 Å². The molecule has 0 aliphatic carbocycles. The van der Waals surface area contributed by atoms with Crippen LogP contribution in [0.25, 0.3) is 10.9 Å². The SMILES string of the molecule is Cc1cc(C)c2c(C(=O)N3CCCC(O)(CO)C3)cc(C)nc2c1. The van der Waals surface area contributed by atoms with E-state index in [0.717, 1.165) is 27.7 Å². The van der Waals surface area contributed by atoms with Gasteiger partial charge in [-0.3, -0.25) is 9.78 Å². The summed E-state index contributed by atoms with van der Waals surface area (Å²) in [6, 6.07) is 5.86. The van der Waals surface area contributed by atoms with Crippen molar-refractivity contribution < 1.29 is 15.0 Å². The number of hydrogen-bond donors (Lipinski definition) is 2. The molecule has 0 radical (unpaired) electrons. The number of aliphatic hydroxyl groups excluding tert-OH is 1. The number of carbonyl (C=O) groups is 1. The molecule has 3 rings (SSSR count). The Bertz CT molecular complexity index is 798. The van der Waals surface area contributed by atoms with Crippen LogP contribution in [0, 0.1) is 20.8 Å². The van der Waals surface area contributed by atoms with Gasteiger partial charge in [0.1, 0.15) is 5.60 Å². The Labute approximate surface area is 141 Å². The van der Waals surface area contributed by atoms with Crippen LogP contribution in [0.3, 0.4) is 0 Å². The molecule has 2 heterocycles. The van der Waals surface area contributed by atoms with Crippen LogP contribution in [0.15, 0.2) is 18.2 Å². The summed E-state index contributed by atoms with van der Waals surface area (Å²) in [7, 11) is 0. The molecule has 1 aliphatic heterocycles. The van der Waals surface area contributed by atoms with E-state index in [9.17, 15) is 15.0 Å². The molecule has 0 saturated carbocycles. The summed E-state index contributed by atoms with van der Waals surface area (Å²) >= 11 is 0. The molecule has 5 heteroatoms. The summed E-state index contributed by atoms with van der Waals surface area (Å²) in [4.78, 5) is 19.3. The zero-order valence-electron chi connectivity index (χ0n) is 14.5. The molecular formula is C19H24N2O3. The summed E-state index contributed by atoms with van der Waals surface area (Å²) in [6.07, 6.45) is 1.20. The predicted molar refractivity (Wildman–Crippen MR) is 93.1 cm³/mol. The van der Waals surface area contributed by atoms with Crippen LogP contribution in [0.4, 0.5) is 0 Å². The molecule has 1 aromatic carbocycles. The molecule has 1 unspecified atom stereocenters. The number of carbonyl (C=O) groups excluding carboxylic acids is 1. The van der Waals surface area contributed by atoms with E-state index in [1.807, 2.05) is 32.9 Å². The van der Waals surface area contributed by atoms with Gasteiger partial charge in [0.15, 0.2) is 0 Å². The van der Waals surface area contributed by atoms with Crippen LogP contribution in [0.5, 0.6) is 0 Å². The lowest BCUT2D eigenvalue weighted by Gasteiger charge is -2.38. The summed E-state index contributed by atoms with van der Waals surface area (Å²) in [5.74, 6) is -0.107. The summed E-state index contributed by atoms with van der Waals surface area (Å²) < 4.78 is 0. The quantitative estimate of drug-likeness (QED) is 0.885. The number of hydrogen-bond acceptors (Lipinski definition) is 4. The first-order valence-electron chi connectivity index (χ1n) is 8.34. The maximum atomic E-state index is 13.1. The van der Waals surface area contributed by atoms with Gasteiger partial charge in [-0.05, 0) is 56.9 Å². The minimum atomic E-state index is -1.20. The van der Waals surface area contributed by atoms with Crippen molar-refractivity contribution in [2.45, 2.75) is 39.2 Å². The summed E-state index contributed by atoms with van der Waals surface area (Å²) in [5.41, 5.74) is 3.18. The number of nitrogens with zero attached hydrogens (tertiary/aromatic N) is 2. The number of aromatic nitrogens is 1. The fourth-order valence-corrected chi connectivity index (χ4v) is 3.64. The lowest BCUT2D eigenvalue weighted by molar-refractivity contribution is -0.0598. The molecule has 1 aromatic heterocycles. The van der Waals surface area contributed by atoms with Crippen molar-refractivity contribution in [3.8, 4) is 0 Å². The van der Waals surface area contributed by atoms with Crippen LogP contribution < -0.4 is 0 Å². The van der Waals surface area contributed by atoms with Gasteiger partial charge >= 0.3 is 0 Å². The van der Waals surface area contributed by atoms with E-state index in [-0.39, 0.29) is 19.1 Å². The standard InChI is InChI=1S/C19H24N2O3/c1-12-7-13(2)17-15(9-14(3)20-16(17)8-12)18(23)21-6-4-5-19(24,10-21)11-22/h7-9,22,24H,4-6,10-11H2,1-3H3. The first-order valence-corrected chi connectivity index (χ1v) is 8.34. The predicted octanol–water partition coefficient (Wildman–Crippen LogP) is 2.12. The molecule has 1 atom stereocenters. The number of pyridine rings is 1. The number of likely N-dealkylation sites (tertiary alicyclic amines) is 1. The van der Waals surface area contributed by atoms with E-state index >= 15 is 0 Å². The molecule has 1 saturated heterocycles. The van der Waals surface area contributed by atoms with Crippen molar-refractivity contribution in [2.24, 2.45) is 0 Å². The van der Waals surface area contributed by atoms with E-state index in [4.69, 9.17) is 0 Å². The molecule has 128 valence electrons. The highest BCUT2D eigenvalue weighted by Gasteiger charge is 2.35. The van der Waals surface area contributed by atoms with Crippen molar-refractivity contribution in [1.29, 1.82) is 0 Å². The van der Waals surface area contributed by atoms with E-state index in [0.29, 0.717) is 24.9 Å². The Morgan fingerprint density at radius 3 is 2.75 bits per heavy atom. The molecule has 2 aromatic rings. The van der Waals surface area contributed by atoms with E-state index < -0.39 is 5.60 Å². The summed E-state index contributed by atoms with van der Waals surface area (Å²) in [6.45, 7) is 6.32. The number of β-amino-alcohol motifs (C(OH)–C–C–N with tert-alkyl or cyclic N) is 1. The monoisotopic (exact) mass is 328 g/mol. The number of rotatable bonds is 2. The van der Waals surface area contributed by atoms with E-state index in [1.54, 1.807) is 4.90 Å². The van der Waals surface area contributed by atoms with Gasteiger partial charge < -0.3 is 15.1 Å². The molecule has 1 aliphatic rings. The van der Waals surface area contributed by atoms with Crippen LogP contribution in [0.2, 0.25) is 0 Å². The fraction of sp³-hybridized carbons (Fsp3) is 0.474. The molecule has 1 amide bonds. The molecule has 5 nitrogen and oxygen atoms in total. The Hall–Kier alpha value is -1.98. The van der Waals surface area contributed by atoms with Crippen molar-refractivity contribution in [3.05, 3.63) is 40.6 Å². The average Bonchev–Trinajstić information content (AvgIpc) is 2.52. The van der Waals surface area contributed by atoms with Crippen LogP contribution in [0.1, 0.15) is 40.0 Å². The highest BCUT2D eigenvalue weighted by Crippen LogP contribution is 2.27. The molecule has 0 bridgehead atoms. The van der Waals surface area contributed by atoms with Gasteiger partial charge in [-0.1, -0.05) is 6.07 Å². The zero-order valence-corrected chi connectivity index (χ0v) is 14.5. The number of aryl methyl sites for hydroxylation is 3. The van der Waals surface area contributed by atoms with Gasteiger partial charge in [0.2, 0.25) is 0 Å². The summed E-state index contributed by atoms with van der Waals surface area (Å²) in [5, 5.41) is 20.6. The smallest absolute Gasteiger partial charge is 0.254 e. The Morgan fingerprint density at radius 1 is 1.29 bits per heavy atom. The van der Waals surface area contributed by atoms with Gasteiger partial charge in [0.25, 0.3) is 5.91 Å². The number of fused-ring (bicyclic) bond motifs is 1. The van der Waals surface area contributed by atoms with Gasteiger partial charge in [-0.15, -0.1) is 0 Å². The minimum absolute atomic E-state index is 0.107. The second-order valence-electron chi connectivity index (χ2n) is 7.00. The van der Waals surface area contributed by atoms with Crippen molar-refractivity contribution >= 4 is 16.8 Å². The second kappa shape index (κ2) is 6.15. The Balaban J connectivity index is 2.07. The van der Waals surface area contributed by atoms with Crippen molar-refractivity contribution in [1.82, 2.24) is 9.88 Å². The maximum absolute atomic E-state index is 13.1. The number of piperidine rings is 1. The first-order chi connectivity index (χ1) is 11.3. The molecule has 2 N–H and O–H groups in total. The Kier molecular flexibility index (Phi) is 4.32. The molecule has 1 fully saturated rings. The lowest BCUT2D eigenvalue weighted by atomic mass is 9.92. The maximum Gasteiger partial charge on any atom is 0.254 e. The third-order valence-electron chi connectivity index (χ3n) is 4.75. The lowest BCUT2D eigenvalue weighted by Crippen LogP contribution is -2.52. The van der Waals surface area contributed by atoms with Gasteiger partial charge in [-0.25, -0.2) is 0 Å². The number of aliphatic hydroxyl groups is 2. The Morgan fingerprint density at radius 2 is 2.04 bits per heavy atom. The van der Waals surface area contributed by atoms with Crippen LogP contribution >= 0.6 is 0 Å². The zero-order chi connectivity index (χ0) is 17.5. The van der Waals surface area contributed by atoms with Crippen molar-refractivity contribution in [2.75, 3.05) is 19.7 Å². The minimum Gasteiger partial charge on any atom is -0.393 e. The second-order valence-corrected chi connectivity index (χ2v) is 7.00. The van der Waals surface area contributed by atoms with Gasteiger partial charge in [0.05, 0.1) is 24.2 Å². The highest BCUT2D eigenvalue weighted by molar-refractivity contribution is 6.07. The highest BCUT2D eigenvalue weighted by atomic mass is 16.3. The third-order valence-corrected chi connectivity index (χ3v) is 4.75. The molecule has 24 heavy (non-hydrogen) atoms. The molecule has 0 spiro atoms. The van der Waals surface area contributed by atoms with Gasteiger partial charge in [0, 0.05) is 17.6 Å². The van der Waals surface area contributed by atoms with E-state index in [1.165, 1.54) is 0 Å².